The van der Waals surface area contributed by atoms with Gasteiger partial charge in [0.25, 0.3) is 5.91 Å². The number of carbonyl (C=O) groups excluding carboxylic acids is 1. The van der Waals surface area contributed by atoms with Crippen molar-refractivity contribution in [3.63, 3.8) is 0 Å². The van der Waals surface area contributed by atoms with Crippen LogP contribution in [0, 0.1) is 0 Å². The summed E-state index contributed by atoms with van der Waals surface area (Å²) in [6.07, 6.45) is 1.59. The Morgan fingerprint density at radius 2 is 2.15 bits per heavy atom. The lowest BCUT2D eigenvalue weighted by molar-refractivity contribution is 0.102. The SMILES string of the molecule is CCOc1ncccc1C(=O)Nc1ccc(Br)cc1Br. The molecule has 20 heavy (non-hydrogen) atoms. The van der Waals surface area contributed by atoms with Gasteiger partial charge in [0.05, 0.1) is 12.3 Å². The van der Waals surface area contributed by atoms with E-state index in [1.165, 1.54) is 0 Å². The summed E-state index contributed by atoms with van der Waals surface area (Å²) in [4.78, 5) is 16.3. The Balaban J connectivity index is 2.24. The molecule has 1 heterocycles. The van der Waals surface area contributed by atoms with Crippen LogP contribution in [0.5, 0.6) is 5.88 Å². The normalized spacial score (nSPS) is 10.2. The third-order valence-electron chi connectivity index (χ3n) is 2.48. The van der Waals surface area contributed by atoms with Crippen LogP contribution in [0.2, 0.25) is 0 Å². The molecule has 1 aromatic carbocycles. The lowest BCUT2D eigenvalue weighted by atomic mass is 10.2. The minimum Gasteiger partial charge on any atom is -0.477 e. The van der Waals surface area contributed by atoms with Crippen LogP contribution < -0.4 is 10.1 Å². The van der Waals surface area contributed by atoms with Crippen molar-refractivity contribution < 1.29 is 9.53 Å². The van der Waals surface area contributed by atoms with Crippen LogP contribution in [0.15, 0.2) is 45.5 Å². The molecular formula is C14H12Br2N2O2. The summed E-state index contributed by atoms with van der Waals surface area (Å²) in [5.74, 6) is 0.0744. The molecule has 0 aliphatic carbocycles. The van der Waals surface area contributed by atoms with E-state index in [1.807, 2.05) is 25.1 Å². The summed E-state index contributed by atoms with van der Waals surface area (Å²) in [5, 5.41) is 2.83. The van der Waals surface area contributed by atoms with Gasteiger partial charge >= 0.3 is 0 Å². The topological polar surface area (TPSA) is 51.2 Å². The standard InChI is InChI=1S/C14H12Br2N2O2/c1-2-20-14-10(4-3-7-17-14)13(19)18-12-6-5-9(15)8-11(12)16/h3-8H,2H2,1H3,(H,18,19). The molecule has 1 amide bonds. The minimum atomic E-state index is -0.260. The first-order valence-electron chi connectivity index (χ1n) is 5.96. The molecule has 1 N–H and O–H groups in total. The van der Waals surface area contributed by atoms with E-state index >= 15 is 0 Å². The van der Waals surface area contributed by atoms with Crippen LogP contribution in [0.25, 0.3) is 0 Å². The molecule has 2 aromatic rings. The predicted octanol–water partition coefficient (Wildman–Crippen LogP) is 4.26. The molecule has 6 heteroatoms. The van der Waals surface area contributed by atoms with Gasteiger partial charge in [-0.25, -0.2) is 4.98 Å². The van der Waals surface area contributed by atoms with Crippen molar-refractivity contribution in [2.24, 2.45) is 0 Å². The number of hydrogen-bond donors (Lipinski definition) is 1. The zero-order valence-corrected chi connectivity index (χ0v) is 13.9. The van der Waals surface area contributed by atoms with Crippen molar-refractivity contribution in [3.05, 3.63) is 51.0 Å². The van der Waals surface area contributed by atoms with E-state index in [2.05, 4.69) is 42.2 Å². The Hall–Kier alpha value is -1.40. The van der Waals surface area contributed by atoms with Crippen molar-refractivity contribution in [3.8, 4) is 5.88 Å². The maximum atomic E-state index is 12.3. The van der Waals surface area contributed by atoms with Crippen molar-refractivity contribution in [1.29, 1.82) is 0 Å². The van der Waals surface area contributed by atoms with Gasteiger partial charge in [0.15, 0.2) is 0 Å². The number of nitrogens with one attached hydrogen (secondary N) is 1. The maximum absolute atomic E-state index is 12.3. The van der Waals surface area contributed by atoms with Gasteiger partial charge in [0.2, 0.25) is 5.88 Å². The summed E-state index contributed by atoms with van der Waals surface area (Å²) < 4.78 is 7.08. The molecule has 4 nitrogen and oxygen atoms in total. The summed E-state index contributed by atoms with van der Waals surface area (Å²) in [5.41, 5.74) is 1.09. The maximum Gasteiger partial charge on any atom is 0.261 e. The fourth-order valence-corrected chi connectivity index (χ4v) is 2.74. The first kappa shape index (κ1) is 15.0. The fraction of sp³-hybridized carbons (Fsp3) is 0.143. The zero-order chi connectivity index (χ0) is 14.5. The first-order valence-corrected chi connectivity index (χ1v) is 7.54. The summed E-state index contributed by atoms with van der Waals surface area (Å²) >= 11 is 6.77. The number of aromatic nitrogens is 1. The highest BCUT2D eigenvalue weighted by molar-refractivity contribution is 9.11. The summed E-state index contributed by atoms with van der Waals surface area (Å²) in [6.45, 7) is 2.31. The van der Waals surface area contributed by atoms with E-state index in [0.717, 1.165) is 8.95 Å². The van der Waals surface area contributed by atoms with Crippen molar-refractivity contribution in [1.82, 2.24) is 4.98 Å². The number of ether oxygens (including phenoxy) is 1. The second kappa shape index (κ2) is 6.85. The van der Waals surface area contributed by atoms with Gasteiger partial charge < -0.3 is 10.1 Å². The highest BCUT2D eigenvalue weighted by Gasteiger charge is 2.14. The number of halogens is 2. The van der Waals surface area contributed by atoms with Crippen LogP contribution in [-0.4, -0.2) is 17.5 Å². The fourth-order valence-electron chi connectivity index (χ4n) is 1.60. The molecular weight excluding hydrogens is 388 g/mol. The molecule has 0 atom stereocenters. The Kier molecular flexibility index (Phi) is 5.14. The van der Waals surface area contributed by atoms with E-state index in [0.29, 0.717) is 23.7 Å². The second-order valence-corrected chi connectivity index (χ2v) is 5.64. The number of carbonyl (C=O) groups is 1. The minimum absolute atomic E-state index is 0.260. The summed E-state index contributed by atoms with van der Waals surface area (Å²) in [6, 6.07) is 8.91. The molecule has 0 saturated carbocycles. The van der Waals surface area contributed by atoms with Gasteiger partial charge in [-0.05, 0) is 53.2 Å². The van der Waals surface area contributed by atoms with Crippen molar-refractivity contribution >= 4 is 43.5 Å². The molecule has 0 aliphatic rings. The van der Waals surface area contributed by atoms with Gasteiger partial charge in [-0.2, -0.15) is 0 Å². The highest BCUT2D eigenvalue weighted by atomic mass is 79.9. The van der Waals surface area contributed by atoms with Gasteiger partial charge in [0, 0.05) is 15.1 Å². The largest absolute Gasteiger partial charge is 0.477 e. The van der Waals surface area contributed by atoms with Crippen molar-refractivity contribution in [2.45, 2.75) is 6.92 Å². The average molecular weight is 400 g/mol. The molecule has 0 aliphatic heterocycles. The Morgan fingerprint density at radius 1 is 1.35 bits per heavy atom. The molecule has 0 bridgehead atoms. The van der Waals surface area contributed by atoms with Crippen LogP contribution in [0.1, 0.15) is 17.3 Å². The molecule has 0 spiro atoms. The number of rotatable bonds is 4. The quantitative estimate of drug-likeness (QED) is 0.835. The molecule has 104 valence electrons. The first-order chi connectivity index (χ1) is 9.61. The smallest absolute Gasteiger partial charge is 0.261 e. The number of benzene rings is 1. The lowest BCUT2D eigenvalue weighted by Gasteiger charge is -2.10. The third-order valence-corrected chi connectivity index (χ3v) is 3.63. The number of nitrogens with zero attached hydrogens (tertiary/aromatic N) is 1. The molecule has 0 fully saturated rings. The predicted molar refractivity (Wildman–Crippen MR) is 85.2 cm³/mol. The molecule has 0 unspecified atom stereocenters. The van der Waals surface area contributed by atoms with Gasteiger partial charge in [-0.1, -0.05) is 15.9 Å². The van der Waals surface area contributed by atoms with Crippen LogP contribution in [0.3, 0.4) is 0 Å². The zero-order valence-electron chi connectivity index (χ0n) is 10.7. The van der Waals surface area contributed by atoms with E-state index < -0.39 is 0 Å². The third kappa shape index (κ3) is 3.58. The Morgan fingerprint density at radius 3 is 2.85 bits per heavy atom. The van der Waals surface area contributed by atoms with Gasteiger partial charge in [0.1, 0.15) is 5.56 Å². The molecule has 2 rings (SSSR count). The molecule has 1 aromatic heterocycles. The second-order valence-electron chi connectivity index (χ2n) is 3.87. The lowest BCUT2D eigenvalue weighted by Crippen LogP contribution is -2.14. The molecule has 0 radical (unpaired) electrons. The van der Waals surface area contributed by atoms with Crippen LogP contribution in [-0.2, 0) is 0 Å². The number of amides is 1. The van der Waals surface area contributed by atoms with Gasteiger partial charge in [-0.15, -0.1) is 0 Å². The van der Waals surface area contributed by atoms with Crippen LogP contribution in [0.4, 0.5) is 5.69 Å². The molecule has 0 saturated heterocycles. The number of anilines is 1. The number of hydrogen-bond acceptors (Lipinski definition) is 3. The van der Waals surface area contributed by atoms with E-state index in [1.54, 1.807) is 18.3 Å². The Bertz CT molecular complexity index is 632. The average Bonchev–Trinajstić information content (AvgIpc) is 2.43. The monoisotopic (exact) mass is 398 g/mol. The summed E-state index contributed by atoms with van der Waals surface area (Å²) in [7, 11) is 0. The van der Waals surface area contributed by atoms with E-state index in [4.69, 9.17) is 4.74 Å². The number of pyridine rings is 1. The highest BCUT2D eigenvalue weighted by Crippen LogP contribution is 2.27. The van der Waals surface area contributed by atoms with E-state index in [-0.39, 0.29) is 5.91 Å². The Labute approximate surface area is 133 Å². The van der Waals surface area contributed by atoms with Crippen molar-refractivity contribution in [2.75, 3.05) is 11.9 Å². The van der Waals surface area contributed by atoms with Crippen LogP contribution >= 0.6 is 31.9 Å². The van der Waals surface area contributed by atoms with Gasteiger partial charge in [-0.3, -0.25) is 4.79 Å². The van der Waals surface area contributed by atoms with E-state index in [9.17, 15) is 4.79 Å².